The molecule has 2 heteroatoms. The van der Waals surface area contributed by atoms with E-state index in [9.17, 15) is 0 Å². The number of nitrogens with two attached hydrogens (primary N) is 1. The lowest BCUT2D eigenvalue weighted by atomic mass is 10.2. The summed E-state index contributed by atoms with van der Waals surface area (Å²) in [6.45, 7) is 2.70. The van der Waals surface area contributed by atoms with Gasteiger partial charge in [-0.25, -0.2) is 0 Å². The molecule has 2 nitrogen and oxygen atoms in total. The van der Waals surface area contributed by atoms with E-state index in [1.807, 2.05) is 0 Å². The summed E-state index contributed by atoms with van der Waals surface area (Å²) < 4.78 is 5.61. The van der Waals surface area contributed by atoms with E-state index >= 15 is 0 Å². The molecule has 0 fully saturated rings. The van der Waals surface area contributed by atoms with Gasteiger partial charge >= 0.3 is 0 Å². The fraction of sp³-hybridized carbons (Fsp3) is 0.273. The van der Waals surface area contributed by atoms with Gasteiger partial charge in [0.2, 0.25) is 0 Å². The number of fused-ring (bicyclic) bond motifs is 1. The Labute approximate surface area is 77.3 Å². The van der Waals surface area contributed by atoms with E-state index < -0.39 is 0 Å². The summed E-state index contributed by atoms with van der Waals surface area (Å²) in [5.74, 6) is 0.975. The summed E-state index contributed by atoms with van der Waals surface area (Å²) in [6.07, 6.45) is 0.813. The zero-order valence-electron chi connectivity index (χ0n) is 7.71. The normalized spacial score (nSPS) is 10.9. The fourth-order valence-corrected chi connectivity index (χ4v) is 1.46. The molecule has 0 saturated heterocycles. The Hall–Kier alpha value is -1.28. The SMILES string of the molecule is Cc1ccc2cc(CCN)oc2c1. The van der Waals surface area contributed by atoms with Gasteiger partial charge in [0, 0.05) is 11.8 Å². The van der Waals surface area contributed by atoms with Crippen LogP contribution in [0.4, 0.5) is 0 Å². The minimum Gasteiger partial charge on any atom is -0.461 e. The maximum absolute atomic E-state index is 5.61. The molecule has 1 heterocycles. The van der Waals surface area contributed by atoms with Gasteiger partial charge in [0.1, 0.15) is 11.3 Å². The first-order chi connectivity index (χ1) is 6.29. The molecule has 0 bridgehead atoms. The maximum Gasteiger partial charge on any atom is 0.134 e. The molecule has 1 aromatic heterocycles. The van der Waals surface area contributed by atoms with Crippen LogP contribution in [0.2, 0.25) is 0 Å². The molecule has 0 aliphatic carbocycles. The molecule has 0 saturated carbocycles. The Morgan fingerprint density at radius 2 is 2.15 bits per heavy atom. The van der Waals surface area contributed by atoms with Gasteiger partial charge in [0.15, 0.2) is 0 Å². The smallest absolute Gasteiger partial charge is 0.134 e. The van der Waals surface area contributed by atoms with Crippen LogP contribution in [-0.2, 0) is 6.42 Å². The molecular formula is C11H13NO. The predicted molar refractivity (Wildman–Crippen MR) is 53.7 cm³/mol. The Bertz CT molecular complexity index is 417. The summed E-state index contributed by atoms with van der Waals surface area (Å²) in [6, 6.07) is 8.27. The second kappa shape index (κ2) is 3.23. The highest BCUT2D eigenvalue weighted by molar-refractivity contribution is 5.78. The van der Waals surface area contributed by atoms with Gasteiger partial charge in [-0.2, -0.15) is 0 Å². The monoisotopic (exact) mass is 175 g/mol. The van der Waals surface area contributed by atoms with Crippen molar-refractivity contribution in [3.05, 3.63) is 35.6 Å². The van der Waals surface area contributed by atoms with Crippen LogP contribution in [0.25, 0.3) is 11.0 Å². The molecule has 0 aliphatic rings. The van der Waals surface area contributed by atoms with Crippen LogP contribution in [0, 0.1) is 6.92 Å². The molecule has 0 unspecified atom stereocenters. The summed E-state index contributed by atoms with van der Waals surface area (Å²) in [5, 5.41) is 1.16. The maximum atomic E-state index is 5.61. The van der Waals surface area contributed by atoms with Crippen molar-refractivity contribution in [3.63, 3.8) is 0 Å². The Kier molecular flexibility index (Phi) is 2.07. The van der Waals surface area contributed by atoms with E-state index in [0.29, 0.717) is 6.54 Å². The number of aryl methyl sites for hydroxylation is 1. The Balaban J connectivity index is 2.49. The van der Waals surface area contributed by atoms with E-state index in [1.165, 1.54) is 5.56 Å². The van der Waals surface area contributed by atoms with E-state index in [0.717, 1.165) is 23.2 Å². The lowest BCUT2D eigenvalue weighted by Gasteiger charge is -1.90. The Morgan fingerprint density at radius 3 is 2.92 bits per heavy atom. The van der Waals surface area contributed by atoms with Crippen molar-refractivity contribution in [2.45, 2.75) is 13.3 Å². The largest absolute Gasteiger partial charge is 0.461 e. The van der Waals surface area contributed by atoms with E-state index in [2.05, 4.69) is 31.2 Å². The van der Waals surface area contributed by atoms with Gasteiger partial charge in [-0.3, -0.25) is 0 Å². The first kappa shape index (κ1) is 8.32. The Morgan fingerprint density at radius 1 is 1.31 bits per heavy atom. The zero-order chi connectivity index (χ0) is 9.26. The molecule has 0 atom stereocenters. The number of benzene rings is 1. The standard InChI is InChI=1S/C11H13NO/c1-8-2-3-9-7-10(4-5-12)13-11(9)6-8/h2-3,6-7H,4-5,12H2,1H3. The highest BCUT2D eigenvalue weighted by Gasteiger charge is 2.01. The first-order valence-corrected chi connectivity index (χ1v) is 4.49. The third-order valence-corrected chi connectivity index (χ3v) is 2.12. The van der Waals surface area contributed by atoms with Crippen molar-refractivity contribution < 1.29 is 4.42 Å². The van der Waals surface area contributed by atoms with Crippen LogP contribution in [0.5, 0.6) is 0 Å². The molecule has 2 rings (SSSR count). The van der Waals surface area contributed by atoms with Crippen LogP contribution in [-0.4, -0.2) is 6.54 Å². The van der Waals surface area contributed by atoms with Crippen molar-refractivity contribution in [2.75, 3.05) is 6.54 Å². The summed E-state index contributed by atoms with van der Waals surface area (Å²) in [7, 11) is 0. The third-order valence-electron chi connectivity index (χ3n) is 2.12. The lowest BCUT2D eigenvalue weighted by Crippen LogP contribution is -2.01. The molecule has 2 aromatic rings. The van der Waals surface area contributed by atoms with Gasteiger partial charge in [0.05, 0.1) is 0 Å². The highest BCUT2D eigenvalue weighted by Crippen LogP contribution is 2.20. The van der Waals surface area contributed by atoms with Crippen LogP contribution in [0.3, 0.4) is 0 Å². The number of hydrogen-bond donors (Lipinski definition) is 1. The molecule has 68 valence electrons. The van der Waals surface area contributed by atoms with E-state index in [-0.39, 0.29) is 0 Å². The van der Waals surface area contributed by atoms with Crippen molar-refractivity contribution in [2.24, 2.45) is 5.73 Å². The fourth-order valence-electron chi connectivity index (χ4n) is 1.46. The van der Waals surface area contributed by atoms with Gasteiger partial charge in [-0.1, -0.05) is 12.1 Å². The number of furan rings is 1. The van der Waals surface area contributed by atoms with Crippen LogP contribution >= 0.6 is 0 Å². The molecule has 2 N–H and O–H groups in total. The molecule has 0 aliphatic heterocycles. The highest BCUT2D eigenvalue weighted by atomic mass is 16.3. The number of hydrogen-bond acceptors (Lipinski definition) is 2. The molecule has 13 heavy (non-hydrogen) atoms. The van der Waals surface area contributed by atoms with Crippen LogP contribution in [0.15, 0.2) is 28.7 Å². The van der Waals surface area contributed by atoms with Crippen molar-refractivity contribution in [1.82, 2.24) is 0 Å². The molecule has 0 amide bonds. The summed E-state index contributed by atoms with van der Waals surface area (Å²) in [5.41, 5.74) is 7.64. The van der Waals surface area contributed by atoms with Gasteiger partial charge in [-0.15, -0.1) is 0 Å². The molecule has 1 aromatic carbocycles. The van der Waals surface area contributed by atoms with Crippen LogP contribution < -0.4 is 5.73 Å². The molecule has 0 spiro atoms. The average molecular weight is 175 g/mol. The lowest BCUT2D eigenvalue weighted by molar-refractivity contribution is 0.550. The number of rotatable bonds is 2. The third kappa shape index (κ3) is 1.58. The molecular weight excluding hydrogens is 162 g/mol. The van der Waals surface area contributed by atoms with Crippen molar-refractivity contribution in [3.8, 4) is 0 Å². The van der Waals surface area contributed by atoms with Crippen LogP contribution in [0.1, 0.15) is 11.3 Å². The molecule has 0 radical (unpaired) electrons. The first-order valence-electron chi connectivity index (χ1n) is 4.49. The van der Waals surface area contributed by atoms with E-state index in [4.69, 9.17) is 10.2 Å². The van der Waals surface area contributed by atoms with Gasteiger partial charge < -0.3 is 10.2 Å². The minimum absolute atomic E-state index is 0.638. The van der Waals surface area contributed by atoms with Crippen molar-refractivity contribution in [1.29, 1.82) is 0 Å². The predicted octanol–water partition coefficient (Wildman–Crippen LogP) is 2.24. The summed E-state index contributed by atoms with van der Waals surface area (Å²) >= 11 is 0. The second-order valence-electron chi connectivity index (χ2n) is 3.29. The average Bonchev–Trinajstić information content (AvgIpc) is 2.46. The second-order valence-corrected chi connectivity index (χ2v) is 3.29. The quantitative estimate of drug-likeness (QED) is 0.760. The topological polar surface area (TPSA) is 39.2 Å². The zero-order valence-corrected chi connectivity index (χ0v) is 7.71. The van der Waals surface area contributed by atoms with Crippen molar-refractivity contribution >= 4 is 11.0 Å². The van der Waals surface area contributed by atoms with Gasteiger partial charge in [0.25, 0.3) is 0 Å². The minimum atomic E-state index is 0.638. The summed E-state index contributed by atoms with van der Waals surface area (Å²) in [4.78, 5) is 0. The van der Waals surface area contributed by atoms with Gasteiger partial charge in [-0.05, 0) is 31.2 Å². The van der Waals surface area contributed by atoms with E-state index in [1.54, 1.807) is 0 Å².